The number of unbranched alkanes of at least 4 members (excludes halogenated alkanes) is 1. The molecule has 2 heterocycles. The Morgan fingerprint density at radius 2 is 1.75 bits per heavy atom. The fraction of sp³-hybridized carbons (Fsp3) is 0.565. The van der Waals surface area contributed by atoms with Crippen LogP contribution in [0.1, 0.15) is 26.2 Å². The molecule has 1 saturated carbocycles. The standard InChI is InChI=1S/C23H31N5O3.HI/c1-2-24-23(25-10-4-6-13-27-12-5-3-7-18(27)29)26-11-14-28-21(30)19-16-8-9-17(15-16)20(19)22(28)31;/h3,5,7-9,12,16-17,19-20H,2,4,6,10-11,13-15H2,1H3,(H2,24,25,26);1H. The third kappa shape index (κ3) is 5.07. The maximum Gasteiger partial charge on any atom is 0.250 e. The highest BCUT2D eigenvalue weighted by Crippen LogP contribution is 2.52. The lowest BCUT2D eigenvalue weighted by atomic mass is 9.85. The van der Waals surface area contributed by atoms with Gasteiger partial charge in [-0.3, -0.25) is 24.3 Å². The fourth-order valence-electron chi connectivity index (χ4n) is 5.04. The first-order valence-corrected chi connectivity index (χ1v) is 11.3. The number of carbonyl (C=O) groups excluding carboxylic acids is 2. The average molecular weight is 553 g/mol. The number of likely N-dealkylation sites (tertiary alicyclic amines) is 1. The van der Waals surface area contributed by atoms with Crippen molar-refractivity contribution in [1.82, 2.24) is 20.1 Å². The zero-order chi connectivity index (χ0) is 21.8. The summed E-state index contributed by atoms with van der Waals surface area (Å²) in [6.07, 6.45) is 8.71. The second-order valence-corrected chi connectivity index (χ2v) is 8.45. The Morgan fingerprint density at radius 1 is 1.03 bits per heavy atom. The Bertz CT molecular complexity index is 914. The summed E-state index contributed by atoms with van der Waals surface area (Å²) >= 11 is 0. The van der Waals surface area contributed by atoms with Crippen LogP contribution in [-0.4, -0.2) is 53.4 Å². The monoisotopic (exact) mass is 553 g/mol. The lowest BCUT2D eigenvalue weighted by molar-refractivity contribution is -0.140. The van der Waals surface area contributed by atoms with Crippen LogP contribution < -0.4 is 16.2 Å². The highest BCUT2D eigenvalue weighted by molar-refractivity contribution is 14.0. The highest BCUT2D eigenvalue weighted by Gasteiger charge is 2.58. The number of halogens is 1. The van der Waals surface area contributed by atoms with Crippen LogP contribution in [0.5, 0.6) is 0 Å². The summed E-state index contributed by atoms with van der Waals surface area (Å²) in [5, 5.41) is 6.43. The third-order valence-electron chi connectivity index (χ3n) is 6.51. The topological polar surface area (TPSA) is 95.8 Å². The van der Waals surface area contributed by atoms with E-state index in [0.29, 0.717) is 32.1 Å². The number of imide groups is 1. The van der Waals surface area contributed by atoms with E-state index in [1.807, 2.05) is 13.0 Å². The fourth-order valence-corrected chi connectivity index (χ4v) is 5.04. The number of aromatic nitrogens is 1. The van der Waals surface area contributed by atoms with E-state index in [1.54, 1.807) is 22.9 Å². The first-order valence-electron chi connectivity index (χ1n) is 11.3. The second kappa shape index (κ2) is 11.1. The molecule has 4 atom stereocenters. The Morgan fingerprint density at radius 3 is 2.41 bits per heavy atom. The Labute approximate surface area is 205 Å². The van der Waals surface area contributed by atoms with E-state index in [9.17, 15) is 14.4 Å². The molecule has 1 aromatic heterocycles. The molecule has 2 bridgehead atoms. The van der Waals surface area contributed by atoms with Gasteiger partial charge in [0.2, 0.25) is 17.4 Å². The molecule has 1 aromatic rings. The quantitative estimate of drug-likeness (QED) is 0.121. The summed E-state index contributed by atoms with van der Waals surface area (Å²) in [7, 11) is 0. The maximum absolute atomic E-state index is 12.7. The number of aliphatic imine (C=N–C) groups is 1. The van der Waals surface area contributed by atoms with Crippen LogP contribution in [0.4, 0.5) is 0 Å². The van der Waals surface area contributed by atoms with Gasteiger partial charge < -0.3 is 15.2 Å². The number of nitrogens with one attached hydrogen (secondary N) is 2. The molecule has 174 valence electrons. The molecule has 3 aliphatic rings. The van der Waals surface area contributed by atoms with Gasteiger partial charge in [0.25, 0.3) is 0 Å². The van der Waals surface area contributed by atoms with Gasteiger partial charge in [-0.05, 0) is 44.1 Å². The Kier molecular flexibility index (Phi) is 8.50. The molecule has 2 N–H and O–H groups in total. The van der Waals surface area contributed by atoms with Crippen LogP contribution in [0.15, 0.2) is 46.3 Å². The van der Waals surface area contributed by atoms with Crippen molar-refractivity contribution >= 4 is 41.8 Å². The number of hydrogen-bond donors (Lipinski definition) is 2. The summed E-state index contributed by atoms with van der Waals surface area (Å²) in [5.41, 5.74) is 0.0138. The van der Waals surface area contributed by atoms with Gasteiger partial charge in [0, 0.05) is 45.0 Å². The number of carbonyl (C=O) groups is 2. The summed E-state index contributed by atoms with van der Waals surface area (Å²) in [6, 6.07) is 5.17. The molecule has 4 unspecified atom stereocenters. The van der Waals surface area contributed by atoms with Gasteiger partial charge in [0.1, 0.15) is 0 Å². The van der Waals surface area contributed by atoms with Gasteiger partial charge in [-0.15, -0.1) is 24.0 Å². The Balaban J connectivity index is 0.00000289. The first-order chi connectivity index (χ1) is 15.1. The lowest BCUT2D eigenvalue weighted by Gasteiger charge is -2.18. The molecule has 0 spiro atoms. The van der Waals surface area contributed by atoms with E-state index in [0.717, 1.165) is 25.8 Å². The van der Waals surface area contributed by atoms with Crippen molar-refractivity contribution in [3.05, 3.63) is 46.9 Å². The molecule has 9 heteroatoms. The molecular formula is C23H32IN5O3. The minimum atomic E-state index is -0.137. The van der Waals surface area contributed by atoms with Gasteiger partial charge in [-0.25, -0.2) is 0 Å². The number of allylic oxidation sites excluding steroid dienone is 2. The summed E-state index contributed by atoms with van der Waals surface area (Å²) in [4.78, 5) is 43.2. The normalized spacial score (nSPS) is 25.8. The molecule has 32 heavy (non-hydrogen) atoms. The predicted octanol–water partition coefficient (Wildman–Crippen LogP) is 1.61. The molecule has 1 aliphatic heterocycles. The minimum Gasteiger partial charge on any atom is -0.357 e. The number of guanidine groups is 1. The highest BCUT2D eigenvalue weighted by atomic mass is 127. The molecule has 4 rings (SSSR count). The third-order valence-corrected chi connectivity index (χ3v) is 6.51. The van der Waals surface area contributed by atoms with Crippen molar-refractivity contribution < 1.29 is 9.59 Å². The zero-order valence-electron chi connectivity index (χ0n) is 18.4. The number of amides is 2. The van der Waals surface area contributed by atoms with E-state index in [2.05, 4.69) is 27.8 Å². The van der Waals surface area contributed by atoms with Gasteiger partial charge in [0.05, 0.1) is 11.8 Å². The van der Waals surface area contributed by atoms with Crippen LogP contribution >= 0.6 is 24.0 Å². The molecular weight excluding hydrogens is 521 g/mol. The van der Waals surface area contributed by atoms with Crippen LogP contribution in [0.2, 0.25) is 0 Å². The number of fused-ring (bicyclic) bond motifs is 5. The lowest BCUT2D eigenvalue weighted by Crippen LogP contribution is -2.43. The van der Waals surface area contributed by atoms with E-state index in [-0.39, 0.29) is 65.0 Å². The smallest absolute Gasteiger partial charge is 0.250 e. The van der Waals surface area contributed by atoms with Gasteiger partial charge >= 0.3 is 0 Å². The van der Waals surface area contributed by atoms with Crippen LogP contribution in [0, 0.1) is 23.7 Å². The van der Waals surface area contributed by atoms with Crippen LogP contribution in [-0.2, 0) is 16.1 Å². The molecule has 8 nitrogen and oxygen atoms in total. The van der Waals surface area contributed by atoms with E-state index >= 15 is 0 Å². The summed E-state index contributed by atoms with van der Waals surface area (Å²) in [6.45, 7) is 4.88. The van der Waals surface area contributed by atoms with Crippen LogP contribution in [0.25, 0.3) is 0 Å². The number of nitrogens with zero attached hydrogens (tertiary/aromatic N) is 3. The van der Waals surface area contributed by atoms with Crippen LogP contribution in [0.3, 0.4) is 0 Å². The second-order valence-electron chi connectivity index (χ2n) is 8.45. The molecule has 0 radical (unpaired) electrons. The predicted molar refractivity (Wildman–Crippen MR) is 134 cm³/mol. The number of rotatable bonds is 9. The van der Waals surface area contributed by atoms with Crippen molar-refractivity contribution in [2.45, 2.75) is 32.7 Å². The molecule has 2 fully saturated rings. The van der Waals surface area contributed by atoms with Crippen molar-refractivity contribution in [2.75, 3.05) is 26.2 Å². The van der Waals surface area contributed by atoms with Crippen molar-refractivity contribution in [3.63, 3.8) is 0 Å². The average Bonchev–Trinajstić information content (AvgIpc) is 3.44. The van der Waals surface area contributed by atoms with E-state index < -0.39 is 0 Å². The number of hydrogen-bond acceptors (Lipinski definition) is 4. The van der Waals surface area contributed by atoms with Crippen molar-refractivity contribution in [3.8, 4) is 0 Å². The number of pyridine rings is 1. The zero-order valence-corrected chi connectivity index (χ0v) is 20.7. The van der Waals surface area contributed by atoms with E-state index in [4.69, 9.17) is 0 Å². The molecule has 1 saturated heterocycles. The van der Waals surface area contributed by atoms with Gasteiger partial charge in [-0.1, -0.05) is 18.2 Å². The summed E-state index contributed by atoms with van der Waals surface area (Å²) in [5.74, 6) is 0.881. The molecule has 2 aliphatic carbocycles. The van der Waals surface area contributed by atoms with Gasteiger partial charge in [-0.2, -0.15) is 0 Å². The molecule has 0 aromatic carbocycles. The first kappa shape index (κ1) is 24.5. The largest absolute Gasteiger partial charge is 0.357 e. The van der Waals surface area contributed by atoms with Crippen molar-refractivity contribution in [2.24, 2.45) is 28.7 Å². The SMILES string of the molecule is CCNC(=NCCCCn1ccccc1=O)NCCN1C(=O)C2C3C=CC(C3)C2C1=O.I. The van der Waals surface area contributed by atoms with Crippen molar-refractivity contribution in [1.29, 1.82) is 0 Å². The minimum absolute atomic E-state index is 0. The maximum atomic E-state index is 12.7. The Hall–Kier alpha value is -2.17. The van der Waals surface area contributed by atoms with Gasteiger partial charge in [0.15, 0.2) is 5.96 Å². The number of aryl methyl sites for hydroxylation is 1. The molecule has 2 amide bonds. The summed E-state index contributed by atoms with van der Waals surface area (Å²) < 4.78 is 1.70. The van der Waals surface area contributed by atoms with E-state index in [1.165, 1.54) is 4.90 Å².